The van der Waals surface area contributed by atoms with Gasteiger partial charge in [0.25, 0.3) is 0 Å². The molecule has 0 radical (unpaired) electrons. The molecule has 5 heteroatoms. The van der Waals surface area contributed by atoms with Crippen molar-refractivity contribution in [3.63, 3.8) is 0 Å². The molecule has 0 bridgehead atoms. The minimum absolute atomic E-state index is 0.839. The SMILES string of the molecule is CCNc1cc(-c2c[nH]c3c2=CCC=CN=3)ncn1. The average molecular weight is 253 g/mol. The third-order valence-electron chi connectivity index (χ3n) is 2.97. The Hall–Kier alpha value is -2.43. The molecule has 0 saturated carbocycles. The average Bonchev–Trinajstić information content (AvgIpc) is 2.69. The zero-order chi connectivity index (χ0) is 13.1. The number of hydrogen-bond donors (Lipinski definition) is 2. The summed E-state index contributed by atoms with van der Waals surface area (Å²) in [5.41, 5.74) is 2.84. The van der Waals surface area contributed by atoms with E-state index < -0.39 is 0 Å². The number of hydrogen-bond acceptors (Lipinski definition) is 4. The van der Waals surface area contributed by atoms with Crippen LogP contribution in [-0.4, -0.2) is 21.5 Å². The molecule has 19 heavy (non-hydrogen) atoms. The number of rotatable bonds is 3. The van der Waals surface area contributed by atoms with E-state index in [4.69, 9.17) is 0 Å². The van der Waals surface area contributed by atoms with E-state index in [0.717, 1.165) is 40.7 Å². The zero-order valence-electron chi connectivity index (χ0n) is 10.7. The number of allylic oxidation sites excluding steroid dienone is 1. The lowest BCUT2D eigenvalue weighted by atomic mass is 10.1. The zero-order valence-corrected chi connectivity index (χ0v) is 10.7. The highest BCUT2D eigenvalue weighted by Crippen LogP contribution is 2.14. The van der Waals surface area contributed by atoms with E-state index in [2.05, 4.69) is 31.3 Å². The summed E-state index contributed by atoms with van der Waals surface area (Å²) in [7, 11) is 0. The van der Waals surface area contributed by atoms with Gasteiger partial charge in [-0.1, -0.05) is 12.2 Å². The summed E-state index contributed by atoms with van der Waals surface area (Å²) < 4.78 is 0. The quantitative estimate of drug-likeness (QED) is 0.864. The second kappa shape index (κ2) is 5.06. The Morgan fingerprint density at radius 3 is 3.21 bits per heavy atom. The van der Waals surface area contributed by atoms with Crippen molar-refractivity contribution in [3.8, 4) is 11.3 Å². The third-order valence-corrected chi connectivity index (χ3v) is 2.97. The van der Waals surface area contributed by atoms with Crippen molar-refractivity contribution in [1.29, 1.82) is 0 Å². The van der Waals surface area contributed by atoms with Gasteiger partial charge < -0.3 is 10.3 Å². The summed E-state index contributed by atoms with van der Waals surface area (Å²) in [5.74, 6) is 0.839. The fourth-order valence-electron chi connectivity index (χ4n) is 2.11. The highest BCUT2D eigenvalue weighted by molar-refractivity contribution is 5.63. The van der Waals surface area contributed by atoms with Gasteiger partial charge in [-0.25, -0.2) is 15.0 Å². The molecular weight excluding hydrogens is 238 g/mol. The first-order valence-electron chi connectivity index (χ1n) is 6.35. The molecular formula is C14H15N5. The van der Waals surface area contributed by atoms with Gasteiger partial charge in [-0.3, -0.25) is 0 Å². The molecule has 2 aromatic rings. The van der Waals surface area contributed by atoms with Crippen LogP contribution in [0, 0.1) is 0 Å². The Labute approximate surface area is 110 Å². The summed E-state index contributed by atoms with van der Waals surface area (Å²) in [4.78, 5) is 16.1. The van der Waals surface area contributed by atoms with E-state index in [1.165, 1.54) is 0 Å². The Morgan fingerprint density at radius 1 is 1.37 bits per heavy atom. The minimum atomic E-state index is 0.839. The first-order chi connectivity index (χ1) is 9.38. The fourth-order valence-corrected chi connectivity index (χ4v) is 2.11. The van der Waals surface area contributed by atoms with Crippen molar-refractivity contribution >= 4 is 11.9 Å². The maximum Gasteiger partial charge on any atom is 0.137 e. The van der Waals surface area contributed by atoms with Crippen molar-refractivity contribution < 1.29 is 0 Å². The van der Waals surface area contributed by atoms with Crippen LogP contribution in [0.3, 0.4) is 0 Å². The summed E-state index contributed by atoms with van der Waals surface area (Å²) in [6, 6.07) is 1.96. The second-order valence-electron chi connectivity index (χ2n) is 4.24. The van der Waals surface area contributed by atoms with E-state index in [0.29, 0.717) is 0 Å². The largest absolute Gasteiger partial charge is 0.370 e. The monoisotopic (exact) mass is 253 g/mol. The Kier molecular flexibility index (Phi) is 3.10. The van der Waals surface area contributed by atoms with Crippen molar-refractivity contribution in [2.24, 2.45) is 4.99 Å². The van der Waals surface area contributed by atoms with Gasteiger partial charge in [0.2, 0.25) is 0 Å². The van der Waals surface area contributed by atoms with Crippen molar-refractivity contribution in [1.82, 2.24) is 15.0 Å². The van der Waals surface area contributed by atoms with E-state index in [9.17, 15) is 0 Å². The van der Waals surface area contributed by atoms with E-state index in [1.807, 2.05) is 31.5 Å². The number of nitrogens with one attached hydrogen (secondary N) is 2. The van der Waals surface area contributed by atoms with Crippen LogP contribution < -0.4 is 16.0 Å². The van der Waals surface area contributed by atoms with Gasteiger partial charge >= 0.3 is 0 Å². The van der Waals surface area contributed by atoms with Crippen LogP contribution in [0.4, 0.5) is 5.82 Å². The number of aromatic nitrogens is 3. The summed E-state index contributed by atoms with van der Waals surface area (Å²) >= 11 is 0. The van der Waals surface area contributed by atoms with Gasteiger partial charge in [-0.2, -0.15) is 0 Å². The number of anilines is 1. The molecule has 0 aromatic carbocycles. The van der Waals surface area contributed by atoms with Crippen LogP contribution in [0.5, 0.6) is 0 Å². The smallest absolute Gasteiger partial charge is 0.137 e. The highest BCUT2D eigenvalue weighted by Gasteiger charge is 2.07. The molecule has 1 aliphatic rings. The van der Waals surface area contributed by atoms with Gasteiger partial charge in [-0.15, -0.1) is 0 Å². The van der Waals surface area contributed by atoms with E-state index in [1.54, 1.807) is 6.33 Å². The third kappa shape index (κ3) is 2.27. The minimum Gasteiger partial charge on any atom is -0.370 e. The van der Waals surface area contributed by atoms with E-state index in [-0.39, 0.29) is 0 Å². The Bertz CT molecular complexity index is 727. The lowest BCUT2D eigenvalue weighted by molar-refractivity contribution is 1.11. The van der Waals surface area contributed by atoms with Crippen molar-refractivity contribution in [2.45, 2.75) is 13.3 Å². The fraction of sp³-hybridized carbons (Fsp3) is 0.214. The van der Waals surface area contributed by atoms with Gasteiger partial charge in [0, 0.05) is 35.8 Å². The van der Waals surface area contributed by atoms with Crippen LogP contribution in [0.15, 0.2) is 35.9 Å². The van der Waals surface area contributed by atoms with Crippen LogP contribution in [0.25, 0.3) is 17.3 Å². The van der Waals surface area contributed by atoms with Crippen molar-refractivity contribution in [2.75, 3.05) is 11.9 Å². The molecule has 3 rings (SSSR count). The predicted octanol–water partition coefficient (Wildman–Crippen LogP) is 1.22. The van der Waals surface area contributed by atoms with Crippen LogP contribution >= 0.6 is 0 Å². The second-order valence-corrected chi connectivity index (χ2v) is 4.24. The maximum atomic E-state index is 4.37. The topological polar surface area (TPSA) is 66.0 Å². The van der Waals surface area contributed by atoms with E-state index >= 15 is 0 Å². The van der Waals surface area contributed by atoms with Crippen LogP contribution in [-0.2, 0) is 0 Å². The normalized spacial score (nSPS) is 13.1. The van der Waals surface area contributed by atoms with Gasteiger partial charge in [-0.05, 0) is 13.3 Å². The molecule has 1 aliphatic heterocycles. The molecule has 0 saturated heterocycles. The van der Waals surface area contributed by atoms with Gasteiger partial charge in [0.05, 0.1) is 5.69 Å². The summed E-state index contributed by atoms with van der Waals surface area (Å²) in [6.07, 6.45) is 10.4. The molecule has 0 aliphatic carbocycles. The first-order valence-corrected chi connectivity index (χ1v) is 6.35. The number of aromatic amines is 1. The number of fused-ring (bicyclic) bond motifs is 1. The molecule has 0 amide bonds. The molecule has 2 aromatic heterocycles. The standard InChI is InChI=1S/C14H15N5/c1-2-15-13-7-12(18-9-19-13)11-8-17-14-10(11)5-3-4-6-16-14/h4-9H,2-3H2,1H3,(H,16,17)(H,15,18,19). The van der Waals surface area contributed by atoms with Gasteiger partial charge in [0.1, 0.15) is 17.6 Å². The van der Waals surface area contributed by atoms with Crippen molar-refractivity contribution in [3.05, 3.63) is 41.6 Å². The van der Waals surface area contributed by atoms with Crippen LogP contribution in [0.2, 0.25) is 0 Å². The number of nitrogens with zero attached hydrogens (tertiary/aromatic N) is 3. The molecule has 0 atom stereocenters. The molecule has 0 spiro atoms. The molecule has 3 heterocycles. The molecule has 0 unspecified atom stereocenters. The Morgan fingerprint density at radius 2 is 2.32 bits per heavy atom. The Balaban J connectivity index is 2.12. The lowest BCUT2D eigenvalue weighted by Gasteiger charge is -2.03. The highest BCUT2D eigenvalue weighted by atomic mass is 15.0. The molecule has 5 nitrogen and oxygen atoms in total. The van der Waals surface area contributed by atoms with Gasteiger partial charge in [0.15, 0.2) is 0 Å². The first kappa shape index (κ1) is 11.6. The molecule has 96 valence electrons. The summed E-state index contributed by atoms with van der Waals surface area (Å²) in [6.45, 7) is 2.88. The molecule has 2 N–H and O–H groups in total. The lowest BCUT2D eigenvalue weighted by Crippen LogP contribution is -2.23. The number of H-pyrrole nitrogens is 1. The molecule has 0 fully saturated rings. The van der Waals surface area contributed by atoms with Crippen LogP contribution in [0.1, 0.15) is 13.3 Å². The maximum absolute atomic E-state index is 4.37. The predicted molar refractivity (Wildman–Crippen MR) is 75.0 cm³/mol. The summed E-state index contributed by atoms with van der Waals surface area (Å²) in [5, 5.41) is 4.30.